The molecule has 0 aromatic carbocycles. The van der Waals surface area contributed by atoms with Gasteiger partial charge in [0.1, 0.15) is 5.82 Å². The minimum absolute atomic E-state index is 0.351. The molecule has 0 saturated carbocycles. The number of nitrogens with two attached hydrogens (primary N) is 1. The molecule has 76 valence electrons. The van der Waals surface area contributed by atoms with Crippen LogP contribution in [0, 0.1) is 11.8 Å². The highest BCUT2D eigenvalue weighted by Gasteiger charge is 1.97. The molecular formula is C9H8ClN5. The molecule has 0 radical (unpaired) electrons. The summed E-state index contributed by atoms with van der Waals surface area (Å²) in [6.45, 7) is 0.351. The second kappa shape index (κ2) is 5.76. The minimum Gasteiger partial charge on any atom is -0.384 e. The fraction of sp³-hybridized carbons (Fsp3) is 0.222. The first-order valence-electron chi connectivity index (χ1n) is 4.15. The normalized spacial score (nSPS) is 8.60. The topological polar surface area (TPSA) is 87.7 Å². The Morgan fingerprint density at radius 2 is 2.47 bits per heavy atom. The van der Waals surface area contributed by atoms with Crippen LogP contribution in [-0.4, -0.2) is 11.5 Å². The highest BCUT2D eigenvalue weighted by Crippen LogP contribution is 2.15. The fourth-order valence-electron chi connectivity index (χ4n) is 0.846. The molecule has 0 aliphatic heterocycles. The highest BCUT2D eigenvalue weighted by molar-refractivity contribution is 6.31. The second-order valence-corrected chi connectivity index (χ2v) is 3.00. The van der Waals surface area contributed by atoms with Gasteiger partial charge in [0, 0.05) is 30.1 Å². The van der Waals surface area contributed by atoms with Gasteiger partial charge in [-0.2, -0.15) is 0 Å². The molecule has 5 nitrogen and oxygen atoms in total. The Balaban J connectivity index is 2.67. The number of rotatable bonds is 2. The van der Waals surface area contributed by atoms with Gasteiger partial charge in [0.2, 0.25) is 0 Å². The maximum atomic E-state index is 8.02. The standard InChI is InChI=1S/C9H8ClN5/c10-8-5-9(11)13-6-7(8)3-1-2-4-14-15-12/h5-6H,2,4H2,(H2,11,13). The number of nitrogen functional groups attached to an aromatic ring is 1. The van der Waals surface area contributed by atoms with Crippen LogP contribution in [0.5, 0.6) is 0 Å². The van der Waals surface area contributed by atoms with Crippen molar-refractivity contribution in [2.75, 3.05) is 12.3 Å². The predicted octanol–water partition coefficient (Wildman–Crippen LogP) is 2.37. The molecule has 1 aromatic heterocycles. The molecule has 0 spiro atoms. The smallest absolute Gasteiger partial charge is 0.124 e. The monoisotopic (exact) mass is 221 g/mol. The zero-order valence-corrected chi connectivity index (χ0v) is 8.57. The van der Waals surface area contributed by atoms with Gasteiger partial charge in [-0.1, -0.05) is 28.6 Å². The van der Waals surface area contributed by atoms with Gasteiger partial charge in [0.05, 0.1) is 10.6 Å². The van der Waals surface area contributed by atoms with Crippen LogP contribution in [-0.2, 0) is 0 Å². The van der Waals surface area contributed by atoms with E-state index in [4.69, 9.17) is 22.9 Å². The van der Waals surface area contributed by atoms with Crippen LogP contribution >= 0.6 is 11.6 Å². The van der Waals surface area contributed by atoms with E-state index in [1.54, 1.807) is 6.07 Å². The van der Waals surface area contributed by atoms with Crippen LogP contribution in [0.15, 0.2) is 17.4 Å². The third-order valence-electron chi connectivity index (χ3n) is 1.50. The van der Waals surface area contributed by atoms with Crippen molar-refractivity contribution in [3.8, 4) is 11.8 Å². The van der Waals surface area contributed by atoms with Gasteiger partial charge in [-0.3, -0.25) is 0 Å². The lowest BCUT2D eigenvalue weighted by molar-refractivity contribution is 1.01. The summed E-state index contributed by atoms with van der Waals surface area (Å²) >= 11 is 5.87. The number of nitrogens with zero attached hydrogens (tertiary/aromatic N) is 4. The molecule has 0 saturated heterocycles. The van der Waals surface area contributed by atoms with Crippen molar-refractivity contribution in [2.24, 2.45) is 5.11 Å². The molecule has 6 heteroatoms. The van der Waals surface area contributed by atoms with Crippen LogP contribution in [0.1, 0.15) is 12.0 Å². The van der Waals surface area contributed by atoms with E-state index >= 15 is 0 Å². The van der Waals surface area contributed by atoms with E-state index in [1.165, 1.54) is 6.20 Å². The number of hydrogen-bond donors (Lipinski definition) is 1. The number of pyridine rings is 1. The van der Waals surface area contributed by atoms with Gasteiger partial charge in [-0.05, 0) is 5.53 Å². The summed E-state index contributed by atoms with van der Waals surface area (Å²) in [6, 6.07) is 1.54. The maximum Gasteiger partial charge on any atom is 0.124 e. The summed E-state index contributed by atoms with van der Waals surface area (Å²) in [5, 5.41) is 3.82. The van der Waals surface area contributed by atoms with Gasteiger partial charge in [0.25, 0.3) is 0 Å². The minimum atomic E-state index is 0.351. The molecule has 0 fully saturated rings. The Hall–Kier alpha value is -1.89. The Kier molecular flexibility index (Phi) is 4.30. The molecule has 15 heavy (non-hydrogen) atoms. The van der Waals surface area contributed by atoms with Crippen LogP contribution < -0.4 is 5.73 Å². The van der Waals surface area contributed by atoms with Gasteiger partial charge >= 0.3 is 0 Å². The van der Waals surface area contributed by atoms with Crippen LogP contribution in [0.3, 0.4) is 0 Å². The predicted molar refractivity (Wildman–Crippen MR) is 59.2 cm³/mol. The molecule has 2 N–H and O–H groups in total. The van der Waals surface area contributed by atoms with Crippen molar-refractivity contribution in [3.05, 3.63) is 33.3 Å². The molecule has 0 atom stereocenters. The number of aromatic nitrogens is 1. The van der Waals surface area contributed by atoms with Crippen molar-refractivity contribution in [1.82, 2.24) is 4.98 Å². The van der Waals surface area contributed by atoms with E-state index in [1.807, 2.05) is 0 Å². The fourth-order valence-corrected chi connectivity index (χ4v) is 1.05. The molecule has 0 amide bonds. The van der Waals surface area contributed by atoms with Crippen LogP contribution in [0.25, 0.3) is 10.4 Å². The molecule has 0 aliphatic carbocycles. The molecular weight excluding hydrogens is 214 g/mol. The third kappa shape index (κ3) is 3.77. The third-order valence-corrected chi connectivity index (χ3v) is 1.81. The molecule has 1 rings (SSSR count). The van der Waals surface area contributed by atoms with Crippen molar-refractivity contribution in [3.63, 3.8) is 0 Å². The molecule has 0 unspecified atom stereocenters. The lowest BCUT2D eigenvalue weighted by atomic mass is 10.2. The van der Waals surface area contributed by atoms with E-state index in [0.717, 1.165) is 0 Å². The van der Waals surface area contributed by atoms with Crippen molar-refractivity contribution >= 4 is 17.4 Å². The first kappa shape index (κ1) is 11.2. The molecule has 0 bridgehead atoms. The highest BCUT2D eigenvalue weighted by atomic mass is 35.5. The van der Waals surface area contributed by atoms with E-state index in [9.17, 15) is 0 Å². The SMILES string of the molecule is [N-]=[N+]=NCCC#Cc1cnc(N)cc1Cl. The first-order valence-corrected chi connectivity index (χ1v) is 4.52. The summed E-state index contributed by atoms with van der Waals surface area (Å²) < 4.78 is 0. The number of hydrogen-bond acceptors (Lipinski definition) is 3. The Labute approximate surface area is 91.9 Å². The number of azide groups is 1. The zero-order valence-electron chi connectivity index (χ0n) is 7.81. The van der Waals surface area contributed by atoms with Gasteiger partial charge in [-0.15, -0.1) is 0 Å². The lowest BCUT2D eigenvalue weighted by Crippen LogP contribution is -1.90. The summed E-state index contributed by atoms with van der Waals surface area (Å²) in [5.41, 5.74) is 14.1. The Morgan fingerprint density at radius 1 is 1.67 bits per heavy atom. The summed E-state index contributed by atoms with van der Waals surface area (Å²) in [4.78, 5) is 6.48. The molecule has 1 aromatic rings. The number of halogens is 1. The van der Waals surface area contributed by atoms with E-state index in [2.05, 4.69) is 26.9 Å². The van der Waals surface area contributed by atoms with Crippen molar-refractivity contribution in [1.29, 1.82) is 0 Å². The lowest BCUT2D eigenvalue weighted by Gasteiger charge is -1.95. The van der Waals surface area contributed by atoms with Crippen molar-refractivity contribution < 1.29 is 0 Å². The van der Waals surface area contributed by atoms with E-state index in [0.29, 0.717) is 29.4 Å². The maximum absolute atomic E-state index is 8.02. The van der Waals surface area contributed by atoms with Gasteiger partial charge in [-0.25, -0.2) is 4.98 Å². The van der Waals surface area contributed by atoms with E-state index < -0.39 is 0 Å². The summed E-state index contributed by atoms with van der Waals surface area (Å²) in [6.07, 6.45) is 2.00. The average Bonchev–Trinajstić information content (AvgIpc) is 2.20. The van der Waals surface area contributed by atoms with E-state index in [-0.39, 0.29) is 0 Å². The Bertz CT molecular complexity index is 453. The first-order chi connectivity index (χ1) is 7.24. The summed E-state index contributed by atoms with van der Waals surface area (Å²) in [7, 11) is 0. The van der Waals surface area contributed by atoms with Crippen molar-refractivity contribution in [2.45, 2.75) is 6.42 Å². The van der Waals surface area contributed by atoms with Gasteiger partial charge < -0.3 is 5.73 Å². The largest absolute Gasteiger partial charge is 0.384 e. The second-order valence-electron chi connectivity index (χ2n) is 2.60. The van der Waals surface area contributed by atoms with Crippen LogP contribution in [0.4, 0.5) is 5.82 Å². The zero-order chi connectivity index (χ0) is 11.1. The number of anilines is 1. The molecule has 1 heterocycles. The molecule has 0 aliphatic rings. The quantitative estimate of drug-likeness (QED) is 0.273. The summed E-state index contributed by atoms with van der Waals surface area (Å²) in [5.74, 6) is 5.99. The average molecular weight is 222 g/mol. The van der Waals surface area contributed by atoms with Gasteiger partial charge in [0.15, 0.2) is 0 Å². The Morgan fingerprint density at radius 3 is 3.13 bits per heavy atom. The van der Waals surface area contributed by atoms with Crippen LogP contribution in [0.2, 0.25) is 5.02 Å².